The van der Waals surface area contributed by atoms with Crippen LogP contribution in [0.1, 0.15) is 36.9 Å². The molecule has 1 atom stereocenters. The number of anilines is 1. The molecule has 0 aliphatic carbocycles. The topological polar surface area (TPSA) is 33.1 Å². The molecule has 23 heavy (non-hydrogen) atoms. The summed E-state index contributed by atoms with van der Waals surface area (Å²) in [7, 11) is 0. The van der Waals surface area contributed by atoms with Crippen molar-refractivity contribution in [2.45, 2.75) is 32.1 Å². The molecule has 0 radical (unpaired) electrons. The van der Waals surface area contributed by atoms with E-state index < -0.39 is 0 Å². The summed E-state index contributed by atoms with van der Waals surface area (Å²) < 4.78 is 3.38. The predicted octanol–water partition coefficient (Wildman–Crippen LogP) is 3.64. The molecule has 1 N–H and O–H groups in total. The van der Waals surface area contributed by atoms with E-state index in [0.29, 0.717) is 5.92 Å². The van der Waals surface area contributed by atoms with Gasteiger partial charge in [-0.15, -0.1) is 0 Å². The Morgan fingerprint density at radius 3 is 2.91 bits per heavy atom. The second-order valence-electron chi connectivity index (χ2n) is 6.51. The van der Waals surface area contributed by atoms with Gasteiger partial charge < -0.3 is 10.2 Å². The van der Waals surface area contributed by atoms with Gasteiger partial charge in [-0.25, -0.2) is 4.68 Å². The third-order valence-electron chi connectivity index (χ3n) is 5.09. The minimum atomic E-state index is 0.586. The molecular weight excluding hydrogens is 399 g/mol. The first-order valence-electron chi connectivity index (χ1n) is 8.60. The maximum Gasteiger partial charge on any atom is 0.133 e. The first-order chi connectivity index (χ1) is 11.3. The van der Waals surface area contributed by atoms with Crippen molar-refractivity contribution in [3.05, 3.63) is 39.1 Å². The van der Waals surface area contributed by atoms with E-state index in [-0.39, 0.29) is 0 Å². The van der Waals surface area contributed by atoms with Gasteiger partial charge in [0.15, 0.2) is 0 Å². The van der Waals surface area contributed by atoms with E-state index in [1.54, 1.807) is 0 Å². The number of hydrogen-bond donors (Lipinski definition) is 1. The number of likely N-dealkylation sites (N-methyl/N-ethyl adjacent to an activating group) is 1. The molecule has 0 amide bonds. The highest BCUT2D eigenvalue weighted by Crippen LogP contribution is 2.36. The van der Waals surface area contributed by atoms with Crippen molar-refractivity contribution in [3.8, 4) is 5.69 Å². The minimum Gasteiger partial charge on any atom is -0.369 e. The Morgan fingerprint density at radius 1 is 1.30 bits per heavy atom. The lowest BCUT2D eigenvalue weighted by Crippen LogP contribution is -2.34. The van der Waals surface area contributed by atoms with Crippen molar-refractivity contribution >= 4 is 28.4 Å². The van der Waals surface area contributed by atoms with Crippen LogP contribution in [-0.4, -0.2) is 40.9 Å². The molecule has 1 fully saturated rings. The number of nitrogens with one attached hydrogen (secondary N) is 1. The number of nitrogens with zero attached hydrogens (tertiary/aromatic N) is 3. The molecule has 1 aromatic carbocycles. The quantitative estimate of drug-likeness (QED) is 0.767. The number of rotatable bonds is 3. The molecule has 5 heteroatoms. The van der Waals surface area contributed by atoms with E-state index in [0.717, 1.165) is 31.7 Å². The van der Waals surface area contributed by atoms with Gasteiger partial charge in [0, 0.05) is 28.1 Å². The lowest BCUT2D eigenvalue weighted by Gasteiger charge is -2.31. The lowest BCUT2D eigenvalue weighted by molar-refractivity contribution is 0.215. The Bertz CT molecular complexity index is 692. The van der Waals surface area contributed by atoms with Gasteiger partial charge in [0.2, 0.25) is 0 Å². The molecule has 0 spiro atoms. The number of fused-ring (bicyclic) bond motifs is 1. The summed E-state index contributed by atoms with van der Waals surface area (Å²) in [6, 6.07) is 8.63. The van der Waals surface area contributed by atoms with Crippen LogP contribution in [0.5, 0.6) is 0 Å². The number of hydrogen-bond acceptors (Lipinski definition) is 3. The van der Waals surface area contributed by atoms with Gasteiger partial charge in [-0.2, -0.15) is 5.10 Å². The van der Waals surface area contributed by atoms with Crippen LogP contribution in [0.3, 0.4) is 0 Å². The standard InChI is InChI=1S/C18H23IN4/c1-2-22-11-3-4-13(12-22)17-16-9-10-20-18(16)23(21-17)15-7-5-14(19)6-8-15/h5-8,13,20H,2-4,9-12H2,1H3. The average molecular weight is 422 g/mol. The number of halogens is 1. The van der Waals surface area contributed by atoms with Crippen molar-refractivity contribution in [1.29, 1.82) is 0 Å². The van der Waals surface area contributed by atoms with Crippen LogP contribution in [0.2, 0.25) is 0 Å². The second kappa shape index (κ2) is 6.43. The third kappa shape index (κ3) is 2.89. The maximum absolute atomic E-state index is 5.05. The molecule has 0 bridgehead atoms. The van der Waals surface area contributed by atoms with Gasteiger partial charge >= 0.3 is 0 Å². The van der Waals surface area contributed by atoms with Gasteiger partial charge in [-0.3, -0.25) is 0 Å². The van der Waals surface area contributed by atoms with E-state index in [9.17, 15) is 0 Å². The van der Waals surface area contributed by atoms with Crippen molar-refractivity contribution in [2.24, 2.45) is 0 Å². The fourth-order valence-corrected chi connectivity index (χ4v) is 4.22. The van der Waals surface area contributed by atoms with Crippen molar-refractivity contribution in [3.63, 3.8) is 0 Å². The van der Waals surface area contributed by atoms with Crippen LogP contribution in [-0.2, 0) is 6.42 Å². The van der Waals surface area contributed by atoms with E-state index in [1.165, 1.54) is 40.0 Å². The highest BCUT2D eigenvalue weighted by Gasteiger charge is 2.30. The third-order valence-corrected chi connectivity index (χ3v) is 5.81. The van der Waals surface area contributed by atoms with Gasteiger partial charge in [-0.05, 0) is 79.2 Å². The molecule has 122 valence electrons. The monoisotopic (exact) mass is 422 g/mol. The molecule has 1 saturated heterocycles. The number of likely N-dealkylation sites (tertiary alicyclic amines) is 1. The Labute approximate surface area is 151 Å². The fourth-order valence-electron chi connectivity index (χ4n) is 3.86. The Kier molecular flexibility index (Phi) is 4.32. The Morgan fingerprint density at radius 2 is 2.13 bits per heavy atom. The molecule has 4 nitrogen and oxygen atoms in total. The summed E-state index contributed by atoms with van der Waals surface area (Å²) in [6.45, 7) is 6.85. The predicted molar refractivity (Wildman–Crippen MR) is 103 cm³/mol. The Hall–Kier alpha value is -1.08. The van der Waals surface area contributed by atoms with Gasteiger partial charge in [0.1, 0.15) is 5.82 Å². The SMILES string of the molecule is CCN1CCCC(c2nn(-c3ccc(I)cc3)c3c2CCN3)C1. The molecular formula is C18H23IN4. The smallest absolute Gasteiger partial charge is 0.133 e. The highest BCUT2D eigenvalue weighted by atomic mass is 127. The molecule has 1 unspecified atom stereocenters. The van der Waals surface area contributed by atoms with Crippen LogP contribution in [0.4, 0.5) is 5.82 Å². The minimum absolute atomic E-state index is 0.586. The summed E-state index contributed by atoms with van der Waals surface area (Å²) in [4.78, 5) is 2.56. The molecule has 3 heterocycles. The fraction of sp³-hybridized carbons (Fsp3) is 0.500. The van der Waals surface area contributed by atoms with Crippen LogP contribution in [0.25, 0.3) is 5.69 Å². The summed E-state index contributed by atoms with van der Waals surface area (Å²) in [5.41, 5.74) is 3.94. The van der Waals surface area contributed by atoms with E-state index in [1.807, 2.05) is 0 Å². The van der Waals surface area contributed by atoms with Gasteiger partial charge in [0.05, 0.1) is 11.4 Å². The van der Waals surface area contributed by atoms with Gasteiger partial charge in [0.25, 0.3) is 0 Å². The molecule has 2 aliphatic rings. The van der Waals surface area contributed by atoms with Crippen LogP contribution >= 0.6 is 22.6 Å². The molecule has 0 saturated carbocycles. The highest BCUT2D eigenvalue weighted by molar-refractivity contribution is 14.1. The summed E-state index contributed by atoms with van der Waals surface area (Å²) in [6.07, 6.45) is 3.67. The van der Waals surface area contributed by atoms with E-state index in [2.05, 4.69) is 68.7 Å². The zero-order valence-electron chi connectivity index (χ0n) is 13.6. The Balaban J connectivity index is 1.71. The van der Waals surface area contributed by atoms with Crippen LogP contribution < -0.4 is 5.32 Å². The number of benzene rings is 1. The van der Waals surface area contributed by atoms with Gasteiger partial charge in [-0.1, -0.05) is 6.92 Å². The number of aromatic nitrogens is 2. The molecule has 1 aromatic heterocycles. The molecule has 2 aliphatic heterocycles. The second-order valence-corrected chi connectivity index (χ2v) is 7.76. The molecule has 4 rings (SSSR count). The zero-order chi connectivity index (χ0) is 15.8. The van der Waals surface area contributed by atoms with Crippen molar-refractivity contribution in [1.82, 2.24) is 14.7 Å². The van der Waals surface area contributed by atoms with E-state index in [4.69, 9.17) is 5.10 Å². The summed E-state index contributed by atoms with van der Waals surface area (Å²) in [5, 5.41) is 8.60. The van der Waals surface area contributed by atoms with Crippen LogP contribution in [0, 0.1) is 3.57 Å². The van der Waals surface area contributed by atoms with Crippen molar-refractivity contribution < 1.29 is 0 Å². The average Bonchev–Trinajstić information content (AvgIpc) is 3.18. The van der Waals surface area contributed by atoms with E-state index >= 15 is 0 Å². The maximum atomic E-state index is 5.05. The lowest BCUT2D eigenvalue weighted by atomic mass is 9.92. The molecule has 2 aromatic rings. The zero-order valence-corrected chi connectivity index (χ0v) is 15.7. The summed E-state index contributed by atoms with van der Waals surface area (Å²) >= 11 is 2.35. The normalized spacial score (nSPS) is 21.2. The number of piperidine rings is 1. The summed E-state index contributed by atoms with van der Waals surface area (Å²) in [5.74, 6) is 1.80. The first-order valence-corrected chi connectivity index (χ1v) is 9.68. The van der Waals surface area contributed by atoms with Crippen LogP contribution in [0.15, 0.2) is 24.3 Å². The largest absolute Gasteiger partial charge is 0.369 e. The van der Waals surface area contributed by atoms with Crippen molar-refractivity contribution in [2.75, 3.05) is 31.5 Å². The first kappa shape index (κ1) is 15.4.